The number of carbonyl (C=O) groups excluding carboxylic acids is 1. The Morgan fingerprint density at radius 3 is 3.00 bits per heavy atom. The fourth-order valence-corrected chi connectivity index (χ4v) is 3.12. The third-order valence-electron chi connectivity index (χ3n) is 3.96. The van der Waals surface area contributed by atoms with E-state index >= 15 is 0 Å². The van der Waals surface area contributed by atoms with Crippen molar-refractivity contribution in [2.75, 3.05) is 6.61 Å². The zero-order valence-electron chi connectivity index (χ0n) is 10.1. The lowest BCUT2D eigenvalue weighted by atomic mass is 9.69. The number of fused-ring (bicyclic) bond motifs is 1. The molecule has 1 aliphatic carbocycles. The number of carbonyl (C=O) groups is 1. The van der Waals surface area contributed by atoms with Crippen LogP contribution >= 0.6 is 0 Å². The number of ether oxygens (including phenoxy) is 2. The first kappa shape index (κ1) is 12.4. The Morgan fingerprint density at radius 1 is 1.59 bits per heavy atom. The minimum Gasteiger partial charge on any atom is -0.465 e. The van der Waals surface area contributed by atoms with Gasteiger partial charge in [0, 0.05) is 0 Å². The van der Waals surface area contributed by atoms with E-state index in [1.54, 1.807) is 6.92 Å². The van der Waals surface area contributed by atoms with Crippen LogP contribution in [0.25, 0.3) is 0 Å². The van der Waals surface area contributed by atoms with Gasteiger partial charge in [-0.05, 0) is 39.0 Å². The topological polar surface area (TPSA) is 55.8 Å². The van der Waals surface area contributed by atoms with Gasteiger partial charge in [0.1, 0.15) is 11.0 Å². The Bertz CT molecular complexity index is 359. The van der Waals surface area contributed by atoms with Crippen LogP contribution in [0.2, 0.25) is 0 Å². The molecule has 4 heteroatoms. The molecule has 0 aromatic carbocycles. The van der Waals surface area contributed by atoms with Crippen molar-refractivity contribution < 1.29 is 19.4 Å². The van der Waals surface area contributed by atoms with Gasteiger partial charge in [-0.1, -0.05) is 5.92 Å². The summed E-state index contributed by atoms with van der Waals surface area (Å²) in [4.78, 5) is 12.2. The summed E-state index contributed by atoms with van der Waals surface area (Å²) in [5, 5.41) is 9.61. The Hall–Kier alpha value is -1.05. The van der Waals surface area contributed by atoms with Gasteiger partial charge in [-0.15, -0.1) is 6.42 Å². The van der Waals surface area contributed by atoms with Gasteiger partial charge in [-0.25, -0.2) is 0 Å². The summed E-state index contributed by atoms with van der Waals surface area (Å²) in [5.41, 5.74) is -1.73. The molecule has 3 atom stereocenters. The van der Waals surface area contributed by atoms with Gasteiger partial charge in [-0.3, -0.25) is 4.79 Å². The maximum absolute atomic E-state index is 12.2. The second-order valence-electron chi connectivity index (χ2n) is 4.74. The molecule has 0 aromatic heterocycles. The molecule has 1 saturated heterocycles. The highest BCUT2D eigenvalue weighted by Gasteiger charge is 2.63. The van der Waals surface area contributed by atoms with Gasteiger partial charge >= 0.3 is 5.97 Å². The van der Waals surface area contributed by atoms with Crippen molar-refractivity contribution in [2.45, 2.75) is 50.9 Å². The van der Waals surface area contributed by atoms with E-state index in [-0.39, 0.29) is 5.97 Å². The molecule has 3 unspecified atom stereocenters. The van der Waals surface area contributed by atoms with E-state index in [1.165, 1.54) is 0 Å². The fourth-order valence-electron chi connectivity index (χ4n) is 3.12. The van der Waals surface area contributed by atoms with E-state index in [0.717, 1.165) is 6.42 Å². The van der Waals surface area contributed by atoms with Crippen molar-refractivity contribution in [3.05, 3.63) is 0 Å². The SMILES string of the molecule is C#CC12CCCC1(C(=O)OCC)CCC(O)O2. The zero-order chi connectivity index (χ0) is 12.5. The molecule has 1 heterocycles. The maximum atomic E-state index is 12.2. The smallest absolute Gasteiger partial charge is 0.316 e. The summed E-state index contributed by atoms with van der Waals surface area (Å²) in [5.74, 6) is 2.33. The molecular weight excluding hydrogens is 220 g/mol. The van der Waals surface area contributed by atoms with Gasteiger partial charge in [0.2, 0.25) is 0 Å². The van der Waals surface area contributed by atoms with Gasteiger partial charge < -0.3 is 14.6 Å². The lowest BCUT2D eigenvalue weighted by molar-refractivity contribution is -0.237. The first-order valence-electron chi connectivity index (χ1n) is 6.11. The molecule has 0 aromatic rings. The predicted molar refractivity (Wildman–Crippen MR) is 60.8 cm³/mol. The monoisotopic (exact) mass is 238 g/mol. The van der Waals surface area contributed by atoms with Crippen LogP contribution in [0.15, 0.2) is 0 Å². The van der Waals surface area contributed by atoms with Crippen LogP contribution in [0.3, 0.4) is 0 Å². The van der Waals surface area contributed by atoms with E-state index in [1.807, 2.05) is 0 Å². The predicted octanol–water partition coefficient (Wildman–Crippen LogP) is 1.22. The molecule has 0 radical (unpaired) electrons. The van der Waals surface area contributed by atoms with E-state index in [4.69, 9.17) is 15.9 Å². The van der Waals surface area contributed by atoms with Crippen LogP contribution in [0, 0.1) is 17.8 Å². The summed E-state index contributed by atoms with van der Waals surface area (Å²) in [6.45, 7) is 2.11. The van der Waals surface area contributed by atoms with Crippen molar-refractivity contribution >= 4 is 5.97 Å². The van der Waals surface area contributed by atoms with Crippen LogP contribution < -0.4 is 0 Å². The molecular formula is C13H18O4. The minimum atomic E-state index is -0.975. The second kappa shape index (κ2) is 4.32. The van der Waals surface area contributed by atoms with Crippen molar-refractivity contribution in [1.29, 1.82) is 0 Å². The largest absolute Gasteiger partial charge is 0.465 e. The minimum absolute atomic E-state index is 0.276. The average Bonchev–Trinajstić information content (AvgIpc) is 2.69. The molecule has 1 saturated carbocycles. The second-order valence-corrected chi connectivity index (χ2v) is 4.74. The first-order chi connectivity index (χ1) is 8.10. The molecule has 94 valence electrons. The Kier molecular flexibility index (Phi) is 3.15. The molecule has 0 spiro atoms. The number of terminal acetylenes is 1. The van der Waals surface area contributed by atoms with Gasteiger partial charge in [0.15, 0.2) is 6.29 Å². The highest BCUT2D eigenvalue weighted by Crippen LogP contribution is 2.55. The zero-order valence-corrected chi connectivity index (χ0v) is 10.1. The molecule has 2 rings (SSSR count). The number of aliphatic hydroxyl groups is 1. The molecule has 2 fully saturated rings. The van der Waals surface area contributed by atoms with Crippen LogP contribution in [0.5, 0.6) is 0 Å². The van der Waals surface area contributed by atoms with E-state index in [0.29, 0.717) is 32.3 Å². The van der Waals surface area contributed by atoms with Crippen molar-refractivity contribution in [3.63, 3.8) is 0 Å². The third kappa shape index (κ3) is 1.65. The fraction of sp³-hybridized carbons (Fsp3) is 0.769. The quantitative estimate of drug-likeness (QED) is 0.580. The first-order valence-corrected chi connectivity index (χ1v) is 6.11. The molecule has 2 aliphatic rings. The van der Waals surface area contributed by atoms with E-state index in [2.05, 4.69) is 5.92 Å². The molecule has 17 heavy (non-hydrogen) atoms. The maximum Gasteiger partial charge on any atom is 0.316 e. The molecule has 0 bridgehead atoms. The Balaban J connectivity index is 2.35. The Labute approximate surface area is 101 Å². The van der Waals surface area contributed by atoms with Gasteiger partial charge in [-0.2, -0.15) is 0 Å². The standard InChI is InChI=1S/C13H18O4/c1-3-13-8-5-7-12(13,11(15)16-4-2)9-6-10(14)17-13/h1,10,14H,4-9H2,2H3. The third-order valence-corrected chi connectivity index (χ3v) is 3.96. The number of rotatable bonds is 2. The number of aliphatic hydroxyl groups excluding tert-OH is 1. The normalized spacial score (nSPS) is 40.4. The molecule has 1 N–H and O–H groups in total. The van der Waals surface area contributed by atoms with Crippen molar-refractivity contribution in [2.24, 2.45) is 5.41 Å². The van der Waals surface area contributed by atoms with Gasteiger partial charge in [0.25, 0.3) is 0 Å². The average molecular weight is 238 g/mol. The lowest BCUT2D eigenvalue weighted by Crippen LogP contribution is -2.56. The van der Waals surface area contributed by atoms with Crippen LogP contribution in [0.1, 0.15) is 39.0 Å². The van der Waals surface area contributed by atoms with E-state index < -0.39 is 17.3 Å². The summed E-state index contributed by atoms with van der Waals surface area (Å²) in [7, 11) is 0. The molecule has 0 amide bonds. The molecule has 1 aliphatic heterocycles. The highest BCUT2D eigenvalue weighted by atomic mass is 16.6. The highest BCUT2D eigenvalue weighted by molar-refractivity contribution is 5.80. The van der Waals surface area contributed by atoms with Crippen LogP contribution in [-0.2, 0) is 14.3 Å². The van der Waals surface area contributed by atoms with E-state index in [9.17, 15) is 9.90 Å². The van der Waals surface area contributed by atoms with Crippen molar-refractivity contribution in [3.8, 4) is 12.3 Å². The van der Waals surface area contributed by atoms with Crippen LogP contribution in [0.4, 0.5) is 0 Å². The van der Waals surface area contributed by atoms with Crippen molar-refractivity contribution in [1.82, 2.24) is 0 Å². The number of esters is 1. The number of hydrogen-bond acceptors (Lipinski definition) is 4. The summed E-state index contributed by atoms with van der Waals surface area (Å²) < 4.78 is 10.7. The van der Waals surface area contributed by atoms with Gasteiger partial charge in [0.05, 0.1) is 6.61 Å². The van der Waals surface area contributed by atoms with Crippen LogP contribution in [-0.4, -0.2) is 29.6 Å². The summed E-state index contributed by atoms with van der Waals surface area (Å²) >= 11 is 0. The molecule has 4 nitrogen and oxygen atoms in total. The lowest BCUT2D eigenvalue weighted by Gasteiger charge is -2.45. The summed E-state index contributed by atoms with van der Waals surface area (Å²) in [6, 6.07) is 0. The number of hydrogen-bond donors (Lipinski definition) is 1. The Morgan fingerprint density at radius 2 is 2.35 bits per heavy atom. The summed E-state index contributed by atoms with van der Waals surface area (Å²) in [6.07, 6.45) is 7.79.